The quantitative estimate of drug-likeness (QED) is 0.306. The van der Waals surface area contributed by atoms with Gasteiger partial charge in [0.25, 0.3) is 10.0 Å². The summed E-state index contributed by atoms with van der Waals surface area (Å²) in [6.07, 6.45) is 0.301. The molecule has 0 spiro atoms. The molecule has 0 aliphatic heterocycles. The zero-order valence-corrected chi connectivity index (χ0v) is 25.6. The Morgan fingerprint density at radius 3 is 2.10 bits per heavy atom. The third-order valence-corrected chi connectivity index (χ3v) is 8.40. The van der Waals surface area contributed by atoms with E-state index in [9.17, 15) is 22.4 Å². The molecule has 42 heavy (non-hydrogen) atoms. The lowest BCUT2D eigenvalue weighted by Gasteiger charge is -2.33. The minimum atomic E-state index is -4.38. The third kappa shape index (κ3) is 7.79. The van der Waals surface area contributed by atoms with Crippen molar-refractivity contribution in [1.29, 1.82) is 0 Å². The van der Waals surface area contributed by atoms with E-state index in [-0.39, 0.29) is 34.8 Å². The Bertz CT molecular complexity index is 1480. The highest BCUT2D eigenvalue weighted by Crippen LogP contribution is 2.32. The van der Waals surface area contributed by atoms with E-state index in [4.69, 9.17) is 9.47 Å². The Labute approximate surface area is 247 Å². The molecule has 0 saturated heterocycles. The lowest BCUT2D eigenvalue weighted by molar-refractivity contribution is -0.140. The number of hydrogen-bond acceptors (Lipinski definition) is 6. The molecule has 0 radical (unpaired) electrons. The molecule has 0 aliphatic carbocycles. The van der Waals surface area contributed by atoms with Crippen molar-refractivity contribution in [1.82, 2.24) is 10.2 Å². The van der Waals surface area contributed by atoms with Gasteiger partial charge in [-0.1, -0.05) is 36.8 Å². The molecule has 3 rings (SSSR count). The van der Waals surface area contributed by atoms with Crippen LogP contribution in [0.25, 0.3) is 0 Å². The number of ether oxygens (including phenoxy) is 2. The Morgan fingerprint density at radius 2 is 1.55 bits per heavy atom. The van der Waals surface area contributed by atoms with Crippen LogP contribution in [0.1, 0.15) is 38.3 Å². The van der Waals surface area contributed by atoms with Gasteiger partial charge in [-0.15, -0.1) is 0 Å². The van der Waals surface area contributed by atoms with Crippen LogP contribution in [0.3, 0.4) is 0 Å². The molecular formula is C31H38FN3O6S. The molecule has 1 atom stereocenters. The monoisotopic (exact) mass is 599 g/mol. The van der Waals surface area contributed by atoms with Crippen molar-refractivity contribution in [3.63, 3.8) is 0 Å². The lowest BCUT2D eigenvalue weighted by Crippen LogP contribution is -2.53. The zero-order chi connectivity index (χ0) is 31.0. The molecule has 0 bridgehead atoms. The Hall–Kier alpha value is -4.12. The Balaban J connectivity index is 2.09. The largest absolute Gasteiger partial charge is 0.493 e. The molecule has 0 saturated carbocycles. The summed E-state index contributed by atoms with van der Waals surface area (Å²) in [5.41, 5.74) is 1.89. The first-order chi connectivity index (χ1) is 19.9. The second-order valence-electron chi connectivity index (χ2n) is 10.1. The predicted molar refractivity (Wildman–Crippen MR) is 160 cm³/mol. The van der Waals surface area contributed by atoms with Crippen molar-refractivity contribution in [3.05, 3.63) is 83.7 Å². The van der Waals surface area contributed by atoms with Gasteiger partial charge in [-0.05, 0) is 69.2 Å². The van der Waals surface area contributed by atoms with Crippen molar-refractivity contribution < 1.29 is 31.9 Å². The number of carbonyl (C=O) groups is 2. The minimum Gasteiger partial charge on any atom is -0.493 e. The van der Waals surface area contributed by atoms with Gasteiger partial charge in [0.1, 0.15) is 18.4 Å². The number of benzene rings is 3. The van der Waals surface area contributed by atoms with Gasteiger partial charge in [0.05, 0.1) is 24.8 Å². The van der Waals surface area contributed by atoms with E-state index < -0.39 is 34.3 Å². The van der Waals surface area contributed by atoms with Gasteiger partial charge in [0.2, 0.25) is 11.8 Å². The summed E-state index contributed by atoms with van der Waals surface area (Å²) in [4.78, 5) is 28.5. The van der Waals surface area contributed by atoms with Gasteiger partial charge in [-0.3, -0.25) is 13.9 Å². The molecule has 11 heteroatoms. The number of nitrogens with one attached hydrogen (secondary N) is 1. The number of carbonyl (C=O) groups excluding carboxylic acids is 2. The van der Waals surface area contributed by atoms with Crippen LogP contribution in [-0.4, -0.2) is 58.0 Å². The molecule has 0 aliphatic rings. The van der Waals surface area contributed by atoms with Crippen LogP contribution >= 0.6 is 0 Å². The van der Waals surface area contributed by atoms with Crippen LogP contribution in [0.4, 0.5) is 10.1 Å². The highest BCUT2D eigenvalue weighted by atomic mass is 32.2. The van der Waals surface area contributed by atoms with Crippen LogP contribution in [0, 0.1) is 12.7 Å². The number of sulfonamides is 1. The molecule has 2 amide bonds. The molecule has 3 aromatic carbocycles. The third-order valence-electron chi connectivity index (χ3n) is 6.63. The molecule has 226 valence electrons. The number of anilines is 1. The molecule has 0 heterocycles. The molecule has 1 N–H and O–H groups in total. The van der Waals surface area contributed by atoms with Crippen LogP contribution < -0.4 is 19.1 Å². The fourth-order valence-electron chi connectivity index (χ4n) is 4.43. The number of amides is 2. The van der Waals surface area contributed by atoms with Gasteiger partial charge in [0, 0.05) is 18.7 Å². The fraction of sp³-hybridized carbons (Fsp3) is 0.355. The SMILES string of the molecule is CC[C@@H](C(=O)NC(C)C)N(Cc1ccc(C)cc1)C(=O)CN(c1ccc(F)cc1)S(=O)(=O)c1ccc(OC)c(OC)c1. The summed E-state index contributed by atoms with van der Waals surface area (Å²) < 4.78 is 53.4. The van der Waals surface area contributed by atoms with Crippen molar-refractivity contribution in [3.8, 4) is 11.5 Å². The van der Waals surface area contributed by atoms with Crippen molar-refractivity contribution in [2.75, 3.05) is 25.1 Å². The lowest BCUT2D eigenvalue weighted by atomic mass is 10.1. The zero-order valence-electron chi connectivity index (χ0n) is 24.8. The number of methoxy groups -OCH3 is 2. The van der Waals surface area contributed by atoms with Crippen LogP contribution in [0.2, 0.25) is 0 Å². The topological polar surface area (TPSA) is 105 Å². The molecule has 0 fully saturated rings. The first-order valence-electron chi connectivity index (χ1n) is 13.6. The predicted octanol–water partition coefficient (Wildman–Crippen LogP) is 4.68. The van der Waals surface area contributed by atoms with E-state index in [1.165, 1.54) is 49.5 Å². The Morgan fingerprint density at radius 1 is 0.929 bits per heavy atom. The van der Waals surface area contributed by atoms with Gasteiger partial charge in [0.15, 0.2) is 11.5 Å². The van der Waals surface area contributed by atoms with Crippen LogP contribution in [-0.2, 0) is 26.2 Å². The molecule has 9 nitrogen and oxygen atoms in total. The summed E-state index contributed by atoms with van der Waals surface area (Å²) in [5.74, 6) is -1.00. The highest BCUT2D eigenvalue weighted by Gasteiger charge is 2.34. The van der Waals surface area contributed by atoms with Gasteiger partial charge in [-0.25, -0.2) is 12.8 Å². The number of hydrogen-bond donors (Lipinski definition) is 1. The van der Waals surface area contributed by atoms with Gasteiger partial charge in [-0.2, -0.15) is 0 Å². The van der Waals surface area contributed by atoms with Crippen molar-refractivity contribution in [2.45, 2.75) is 57.6 Å². The number of rotatable bonds is 13. The Kier molecular flexibility index (Phi) is 10.9. The van der Waals surface area contributed by atoms with Gasteiger partial charge < -0.3 is 19.7 Å². The van der Waals surface area contributed by atoms with E-state index in [1.807, 2.05) is 45.0 Å². The molecule has 3 aromatic rings. The minimum absolute atomic E-state index is 0.0782. The molecule has 0 aromatic heterocycles. The number of nitrogens with zero attached hydrogens (tertiary/aromatic N) is 2. The summed E-state index contributed by atoms with van der Waals surface area (Å²) in [5, 5.41) is 2.86. The normalized spacial score (nSPS) is 12.0. The average Bonchev–Trinajstić information content (AvgIpc) is 2.96. The maximum absolute atomic E-state index is 14.1. The number of halogens is 1. The van der Waals surface area contributed by atoms with Crippen molar-refractivity contribution in [2.24, 2.45) is 0 Å². The average molecular weight is 600 g/mol. The summed E-state index contributed by atoms with van der Waals surface area (Å²) in [7, 11) is -1.57. The highest BCUT2D eigenvalue weighted by molar-refractivity contribution is 7.92. The van der Waals surface area contributed by atoms with E-state index in [0.717, 1.165) is 27.6 Å². The van der Waals surface area contributed by atoms with E-state index in [2.05, 4.69) is 5.32 Å². The second kappa shape index (κ2) is 14.2. The standard InChI is InChI=1S/C31H38FN3O6S/c1-7-27(31(37)33-21(2)3)34(19-23-10-8-22(4)9-11-23)30(36)20-35(25-14-12-24(32)13-15-25)42(38,39)26-16-17-28(40-5)29(18-26)41-6/h8-18,21,27H,7,19-20H2,1-6H3,(H,33,37)/t27-/m0/s1. The maximum atomic E-state index is 14.1. The maximum Gasteiger partial charge on any atom is 0.264 e. The van der Waals surface area contributed by atoms with Crippen LogP contribution in [0.15, 0.2) is 71.6 Å². The second-order valence-corrected chi connectivity index (χ2v) is 12.0. The summed E-state index contributed by atoms with van der Waals surface area (Å²) in [6, 6.07) is 15.4. The van der Waals surface area contributed by atoms with E-state index in [1.54, 1.807) is 6.92 Å². The summed E-state index contributed by atoms with van der Waals surface area (Å²) in [6.45, 7) is 6.82. The number of aryl methyl sites for hydroxylation is 1. The first-order valence-corrected chi connectivity index (χ1v) is 15.0. The molecule has 0 unspecified atom stereocenters. The van der Waals surface area contributed by atoms with Gasteiger partial charge >= 0.3 is 0 Å². The molecular weight excluding hydrogens is 561 g/mol. The van der Waals surface area contributed by atoms with Crippen molar-refractivity contribution >= 4 is 27.5 Å². The first kappa shape index (κ1) is 32.4. The van der Waals surface area contributed by atoms with Crippen LogP contribution in [0.5, 0.6) is 11.5 Å². The smallest absolute Gasteiger partial charge is 0.264 e. The fourth-order valence-corrected chi connectivity index (χ4v) is 5.86. The summed E-state index contributed by atoms with van der Waals surface area (Å²) >= 11 is 0. The van der Waals surface area contributed by atoms with E-state index in [0.29, 0.717) is 12.2 Å². The van der Waals surface area contributed by atoms with E-state index >= 15 is 0 Å².